The third-order valence-corrected chi connectivity index (χ3v) is 4.52. The standard InChI is InChI=1S/C19H24N4O/c1-14-12-16(21-18(20-14)17-10-7-11-22(17)2)19(24)23(3)13-15-8-5-4-6-9-15/h4-6,8-9,12,17H,7,10-11,13H2,1-3H3/t17-/m0/s1. The first kappa shape index (κ1) is 16.6. The lowest BCUT2D eigenvalue weighted by atomic mass is 10.2. The van der Waals surface area contributed by atoms with E-state index in [1.165, 1.54) is 0 Å². The first-order valence-corrected chi connectivity index (χ1v) is 8.40. The second-order valence-corrected chi connectivity index (χ2v) is 6.54. The van der Waals surface area contributed by atoms with Gasteiger partial charge in [0.25, 0.3) is 5.91 Å². The minimum Gasteiger partial charge on any atom is -0.336 e. The van der Waals surface area contributed by atoms with Crippen LogP contribution in [0.1, 0.15) is 46.5 Å². The van der Waals surface area contributed by atoms with Gasteiger partial charge in [-0.15, -0.1) is 0 Å². The van der Waals surface area contributed by atoms with E-state index in [2.05, 4.69) is 21.9 Å². The smallest absolute Gasteiger partial charge is 0.272 e. The van der Waals surface area contributed by atoms with Gasteiger partial charge in [0.1, 0.15) is 11.5 Å². The van der Waals surface area contributed by atoms with Crippen LogP contribution in [-0.4, -0.2) is 46.3 Å². The highest BCUT2D eigenvalue weighted by Crippen LogP contribution is 2.28. The number of likely N-dealkylation sites (tertiary alicyclic amines) is 1. The fourth-order valence-electron chi connectivity index (χ4n) is 3.21. The predicted molar refractivity (Wildman–Crippen MR) is 93.6 cm³/mol. The molecule has 0 N–H and O–H groups in total. The number of carbonyl (C=O) groups is 1. The Balaban J connectivity index is 1.80. The Morgan fingerprint density at radius 2 is 2.04 bits per heavy atom. The Hall–Kier alpha value is -2.27. The van der Waals surface area contributed by atoms with E-state index in [4.69, 9.17) is 0 Å². The van der Waals surface area contributed by atoms with Crippen molar-refractivity contribution in [2.75, 3.05) is 20.6 Å². The van der Waals surface area contributed by atoms with E-state index in [0.29, 0.717) is 12.2 Å². The van der Waals surface area contributed by atoms with Crippen LogP contribution in [-0.2, 0) is 6.54 Å². The maximum Gasteiger partial charge on any atom is 0.272 e. The van der Waals surface area contributed by atoms with E-state index >= 15 is 0 Å². The van der Waals surface area contributed by atoms with E-state index in [1.54, 1.807) is 11.0 Å². The highest BCUT2D eigenvalue weighted by molar-refractivity contribution is 5.92. The Kier molecular flexibility index (Phi) is 4.90. The van der Waals surface area contributed by atoms with E-state index in [0.717, 1.165) is 36.5 Å². The van der Waals surface area contributed by atoms with Gasteiger partial charge in [0.15, 0.2) is 0 Å². The van der Waals surface area contributed by atoms with Gasteiger partial charge >= 0.3 is 0 Å². The summed E-state index contributed by atoms with van der Waals surface area (Å²) in [6.45, 7) is 3.55. The Labute approximate surface area is 143 Å². The maximum atomic E-state index is 12.8. The number of carbonyl (C=O) groups excluding carboxylic acids is 1. The summed E-state index contributed by atoms with van der Waals surface area (Å²) in [5.74, 6) is 0.706. The zero-order valence-corrected chi connectivity index (χ0v) is 14.6. The SMILES string of the molecule is Cc1cc(C(=O)N(C)Cc2ccccc2)nc([C@@H]2CCCN2C)n1. The van der Waals surface area contributed by atoms with Gasteiger partial charge in [-0.3, -0.25) is 9.69 Å². The minimum atomic E-state index is -0.0637. The van der Waals surface area contributed by atoms with Crippen LogP contribution in [0.5, 0.6) is 0 Å². The van der Waals surface area contributed by atoms with Gasteiger partial charge in [-0.25, -0.2) is 9.97 Å². The number of nitrogens with zero attached hydrogens (tertiary/aromatic N) is 4. The van der Waals surface area contributed by atoms with Crippen LogP contribution in [0.25, 0.3) is 0 Å². The molecular formula is C19H24N4O. The molecule has 0 bridgehead atoms. The second kappa shape index (κ2) is 7.09. The molecule has 1 aliphatic rings. The first-order chi connectivity index (χ1) is 11.5. The zero-order chi connectivity index (χ0) is 17.1. The van der Waals surface area contributed by atoms with Crippen molar-refractivity contribution in [3.05, 3.63) is 59.2 Å². The van der Waals surface area contributed by atoms with Crippen LogP contribution < -0.4 is 0 Å². The number of hydrogen-bond acceptors (Lipinski definition) is 4. The Morgan fingerprint density at radius 3 is 2.71 bits per heavy atom. The van der Waals surface area contributed by atoms with Crippen LogP contribution >= 0.6 is 0 Å². The second-order valence-electron chi connectivity index (χ2n) is 6.54. The average Bonchev–Trinajstić information content (AvgIpc) is 3.00. The average molecular weight is 324 g/mol. The van der Waals surface area contributed by atoms with Gasteiger partial charge in [-0.2, -0.15) is 0 Å². The molecule has 1 saturated heterocycles. The van der Waals surface area contributed by atoms with Crippen molar-refractivity contribution in [3.8, 4) is 0 Å². The topological polar surface area (TPSA) is 49.3 Å². The van der Waals surface area contributed by atoms with Crippen LogP contribution in [0.4, 0.5) is 0 Å². The number of benzene rings is 1. The molecule has 1 amide bonds. The Morgan fingerprint density at radius 1 is 1.29 bits per heavy atom. The summed E-state index contributed by atoms with van der Waals surface area (Å²) in [7, 11) is 3.90. The summed E-state index contributed by atoms with van der Waals surface area (Å²) >= 11 is 0. The molecule has 1 aromatic heterocycles. The maximum absolute atomic E-state index is 12.8. The molecule has 126 valence electrons. The highest BCUT2D eigenvalue weighted by atomic mass is 16.2. The van der Waals surface area contributed by atoms with Gasteiger partial charge in [-0.05, 0) is 45.0 Å². The summed E-state index contributed by atoms with van der Waals surface area (Å²) in [6.07, 6.45) is 2.20. The molecule has 1 atom stereocenters. The molecule has 0 radical (unpaired) electrons. The lowest BCUT2D eigenvalue weighted by molar-refractivity contribution is 0.0778. The third kappa shape index (κ3) is 3.62. The molecule has 2 heterocycles. The number of hydrogen-bond donors (Lipinski definition) is 0. The lowest BCUT2D eigenvalue weighted by Crippen LogP contribution is -2.28. The van der Waals surface area contributed by atoms with E-state index in [-0.39, 0.29) is 11.9 Å². The molecular weight excluding hydrogens is 300 g/mol. The summed E-state index contributed by atoms with van der Waals surface area (Å²) < 4.78 is 0. The van der Waals surface area contributed by atoms with Crippen LogP contribution in [0, 0.1) is 6.92 Å². The number of aryl methyl sites for hydroxylation is 1. The van der Waals surface area contributed by atoms with Crippen LogP contribution in [0.15, 0.2) is 36.4 Å². The molecule has 0 unspecified atom stereocenters. The third-order valence-electron chi connectivity index (χ3n) is 4.52. The number of amides is 1. The lowest BCUT2D eigenvalue weighted by Gasteiger charge is -2.20. The molecule has 1 fully saturated rings. The van der Waals surface area contributed by atoms with Crippen LogP contribution in [0.2, 0.25) is 0 Å². The molecule has 0 saturated carbocycles. The monoisotopic (exact) mass is 324 g/mol. The minimum absolute atomic E-state index is 0.0637. The van der Waals surface area contributed by atoms with Gasteiger partial charge in [-0.1, -0.05) is 30.3 Å². The van der Waals surface area contributed by atoms with Crippen molar-refractivity contribution in [2.24, 2.45) is 0 Å². The van der Waals surface area contributed by atoms with Gasteiger partial charge in [0.05, 0.1) is 6.04 Å². The van der Waals surface area contributed by atoms with Crippen molar-refractivity contribution in [2.45, 2.75) is 32.4 Å². The van der Waals surface area contributed by atoms with Crippen molar-refractivity contribution in [1.82, 2.24) is 19.8 Å². The summed E-state index contributed by atoms with van der Waals surface area (Å²) in [6, 6.07) is 12.0. The van der Waals surface area contributed by atoms with Gasteiger partial charge in [0.2, 0.25) is 0 Å². The van der Waals surface area contributed by atoms with E-state index < -0.39 is 0 Å². The van der Waals surface area contributed by atoms with Crippen molar-refractivity contribution >= 4 is 5.91 Å². The number of rotatable bonds is 4. The molecule has 5 nitrogen and oxygen atoms in total. The molecule has 1 aliphatic heterocycles. The molecule has 1 aromatic carbocycles. The fourth-order valence-corrected chi connectivity index (χ4v) is 3.21. The Bertz CT molecular complexity index is 717. The summed E-state index contributed by atoms with van der Waals surface area (Å²) in [5.41, 5.74) is 2.43. The number of aromatic nitrogens is 2. The molecule has 3 rings (SSSR count). The van der Waals surface area contributed by atoms with Gasteiger partial charge < -0.3 is 4.90 Å². The predicted octanol–water partition coefficient (Wildman–Crippen LogP) is 2.82. The normalized spacial score (nSPS) is 17.9. The summed E-state index contributed by atoms with van der Waals surface area (Å²) in [5, 5.41) is 0. The largest absolute Gasteiger partial charge is 0.336 e. The van der Waals surface area contributed by atoms with Crippen LogP contribution in [0.3, 0.4) is 0 Å². The zero-order valence-electron chi connectivity index (χ0n) is 14.6. The molecule has 2 aromatic rings. The fraction of sp³-hybridized carbons (Fsp3) is 0.421. The summed E-state index contributed by atoms with van der Waals surface area (Å²) in [4.78, 5) is 25.9. The molecule has 24 heavy (non-hydrogen) atoms. The molecule has 0 spiro atoms. The van der Waals surface area contributed by atoms with Gasteiger partial charge in [0, 0.05) is 19.3 Å². The van der Waals surface area contributed by atoms with Crippen molar-refractivity contribution in [1.29, 1.82) is 0 Å². The van der Waals surface area contributed by atoms with Crippen molar-refractivity contribution < 1.29 is 4.79 Å². The van der Waals surface area contributed by atoms with Crippen molar-refractivity contribution in [3.63, 3.8) is 0 Å². The first-order valence-electron chi connectivity index (χ1n) is 8.40. The molecule has 0 aliphatic carbocycles. The molecule has 5 heteroatoms. The van der Waals surface area contributed by atoms with E-state index in [9.17, 15) is 4.79 Å². The van der Waals surface area contributed by atoms with E-state index in [1.807, 2.05) is 44.3 Å². The highest BCUT2D eigenvalue weighted by Gasteiger charge is 2.26. The quantitative estimate of drug-likeness (QED) is 0.868.